The van der Waals surface area contributed by atoms with Gasteiger partial charge in [0.15, 0.2) is 0 Å². The third-order valence-corrected chi connectivity index (χ3v) is 5.83. The molecule has 2 aliphatic rings. The highest BCUT2D eigenvalue weighted by Crippen LogP contribution is 2.38. The monoisotopic (exact) mass is 404 g/mol. The van der Waals surface area contributed by atoms with E-state index in [2.05, 4.69) is 47.4 Å². The Labute approximate surface area is 177 Å². The number of rotatable bonds is 4. The minimum atomic E-state index is -0.405. The molecule has 2 atom stereocenters. The molecule has 0 bridgehead atoms. The number of aromatic nitrogens is 3. The van der Waals surface area contributed by atoms with Crippen molar-refractivity contribution >= 4 is 5.91 Å². The first-order valence-electron chi connectivity index (χ1n) is 10.4. The maximum absolute atomic E-state index is 12.6. The second-order valence-electron chi connectivity index (χ2n) is 8.11. The Balaban J connectivity index is 0.000000489. The summed E-state index contributed by atoms with van der Waals surface area (Å²) in [6.07, 6.45) is 5.70. The SMILES string of the molecule is CC1CO1.CCC1(Cc2ccccc2)NC(=O)c2cnc(-c3c(C)cnn3C)cc21. The quantitative estimate of drug-likeness (QED) is 0.672. The zero-order valence-corrected chi connectivity index (χ0v) is 18.0. The number of nitrogens with one attached hydrogen (secondary N) is 1. The summed E-state index contributed by atoms with van der Waals surface area (Å²) in [6.45, 7) is 7.19. The number of pyridine rings is 1. The number of ether oxygens (including phenoxy) is 1. The molecule has 6 nitrogen and oxygen atoms in total. The topological polar surface area (TPSA) is 72.3 Å². The number of hydrogen-bond donors (Lipinski definition) is 1. The van der Waals surface area contributed by atoms with E-state index in [1.54, 1.807) is 6.20 Å². The number of fused-ring (bicyclic) bond motifs is 1. The molecule has 4 heterocycles. The molecule has 6 heteroatoms. The first-order chi connectivity index (χ1) is 14.4. The summed E-state index contributed by atoms with van der Waals surface area (Å²) in [5.74, 6) is -0.0430. The van der Waals surface area contributed by atoms with Crippen LogP contribution in [0.3, 0.4) is 0 Å². The van der Waals surface area contributed by atoms with E-state index < -0.39 is 5.54 Å². The van der Waals surface area contributed by atoms with Crippen molar-refractivity contribution in [3.63, 3.8) is 0 Å². The number of carbonyl (C=O) groups excluding carboxylic acids is 1. The molecule has 1 fully saturated rings. The molecular weight excluding hydrogens is 376 g/mol. The van der Waals surface area contributed by atoms with E-state index in [1.807, 2.05) is 43.0 Å². The number of epoxide rings is 1. The van der Waals surface area contributed by atoms with Crippen molar-refractivity contribution in [2.24, 2.45) is 7.05 Å². The van der Waals surface area contributed by atoms with Gasteiger partial charge in [-0.3, -0.25) is 14.5 Å². The average Bonchev–Trinajstić information content (AvgIpc) is 3.39. The Kier molecular flexibility index (Phi) is 5.43. The van der Waals surface area contributed by atoms with Gasteiger partial charge in [-0.1, -0.05) is 37.3 Å². The van der Waals surface area contributed by atoms with Gasteiger partial charge in [0.25, 0.3) is 5.91 Å². The summed E-state index contributed by atoms with van der Waals surface area (Å²) >= 11 is 0. The van der Waals surface area contributed by atoms with Crippen LogP contribution in [0.1, 0.15) is 47.3 Å². The number of hydrogen-bond acceptors (Lipinski definition) is 4. The van der Waals surface area contributed by atoms with Crippen molar-refractivity contribution < 1.29 is 9.53 Å². The van der Waals surface area contributed by atoms with Crippen molar-refractivity contribution in [3.05, 3.63) is 71.0 Å². The summed E-state index contributed by atoms with van der Waals surface area (Å²) in [4.78, 5) is 17.1. The van der Waals surface area contributed by atoms with E-state index in [1.165, 1.54) is 5.56 Å². The molecule has 2 aromatic heterocycles. The zero-order valence-electron chi connectivity index (χ0n) is 18.0. The lowest BCUT2D eigenvalue weighted by Crippen LogP contribution is -2.40. The van der Waals surface area contributed by atoms with Gasteiger partial charge in [-0.25, -0.2) is 0 Å². The Morgan fingerprint density at radius 2 is 1.97 bits per heavy atom. The number of nitrogens with zero attached hydrogens (tertiary/aromatic N) is 3. The smallest absolute Gasteiger partial charge is 0.253 e. The highest BCUT2D eigenvalue weighted by atomic mass is 16.6. The van der Waals surface area contributed by atoms with Crippen molar-refractivity contribution in [1.29, 1.82) is 0 Å². The maximum Gasteiger partial charge on any atom is 0.253 e. The van der Waals surface area contributed by atoms with E-state index in [0.29, 0.717) is 11.7 Å². The van der Waals surface area contributed by atoms with Crippen molar-refractivity contribution in [2.45, 2.75) is 45.3 Å². The van der Waals surface area contributed by atoms with Crippen molar-refractivity contribution in [3.8, 4) is 11.4 Å². The molecule has 0 aliphatic carbocycles. The zero-order chi connectivity index (χ0) is 21.3. The number of benzene rings is 1. The summed E-state index contributed by atoms with van der Waals surface area (Å²) in [5.41, 5.74) is 5.41. The van der Waals surface area contributed by atoms with E-state index in [4.69, 9.17) is 4.74 Å². The van der Waals surface area contributed by atoms with Crippen LogP contribution in [0.4, 0.5) is 0 Å². The maximum atomic E-state index is 12.6. The third kappa shape index (κ3) is 3.87. The first-order valence-corrected chi connectivity index (χ1v) is 10.4. The molecule has 2 aliphatic heterocycles. The van der Waals surface area contributed by atoms with Crippen LogP contribution in [0, 0.1) is 6.92 Å². The predicted octanol–water partition coefficient (Wildman–Crippen LogP) is 3.79. The largest absolute Gasteiger partial charge is 0.373 e. The molecule has 0 spiro atoms. The second-order valence-corrected chi connectivity index (χ2v) is 8.11. The van der Waals surface area contributed by atoms with Gasteiger partial charge in [0, 0.05) is 13.2 Å². The highest BCUT2D eigenvalue weighted by Gasteiger charge is 2.42. The molecule has 0 radical (unpaired) electrons. The fraction of sp³-hybridized carbons (Fsp3) is 0.375. The molecular formula is C24H28N4O2. The Morgan fingerprint density at radius 1 is 1.27 bits per heavy atom. The lowest BCUT2D eigenvalue weighted by molar-refractivity contribution is 0.0927. The van der Waals surface area contributed by atoms with Gasteiger partial charge in [-0.15, -0.1) is 0 Å². The summed E-state index contributed by atoms with van der Waals surface area (Å²) in [5, 5.41) is 7.55. The van der Waals surface area contributed by atoms with Crippen LogP contribution in [0.2, 0.25) is 0 Å². The normalized spacial score (nSPS) is 21.5. The number of amides is 1. The van der Waals surface area contributed by atoms with Gasteiger partial charge in [0.05, 0.1) is 41.4 Å². The van der Waals surface area contributed by atoms with Gasteiger partial charge >= 0.3 is 0 Å². The average molecular weight is 405 g/mol. The molecule has 1 aromatic carbocycles. The molecule has 2 unspecified atom stereocenters. The minimum absolute atomic E-state index is 0.0430. The predicted molar refractivity (Wildman–Crippen MR) is 116 cm³/mol. The molecule has 5 rings (SSSR count). The molecule has 156 valence electrons. The van der Waals surface area contributed by atoms with Gasteiger partial charge in [0.1, 0.15) is 0 Å². The fourth-order valence-corrected chi connectivity index (χ4v) is 4.01. The molecule has 1 amide bonds. The fourth-order valence-electron chi connectivity index (χ4n) is 4.01. The highest BCUT2D eigenvalue weighted by molar-refractivity contribution is 6.00. The summed E-state index contributed by atoms with van der Waals surface area (Å²) in [7, 11) is 1.91. The summed E-state index contributed by atoms with van der Waals surface area (Å²) < 4.78 is 6.54. The molecule has 1 N–H and O–H groups in total. The van der Waals surface area contributed by atoms with Crippen LogP contribution in [0.5, 0.6) is 0 Å². The molecule has 3 aromatic rings. The minimum Gasteiger partial charge on any atom is -0.373 e. The molecule has 30 heavy (non-hydrogen) atoms. The Hall–Kier alpha value is -2.99. The van der Waals surface area contributed by atoms with Gasteiger partial charge in [-0.2, -0.15) is 5.10 Å². The van der Waals surface area contributed by atoms with E-state index >= 15 is 0 Å². The van der Waals surface area contributed by atoms with Crippen LogP contribution in [0.15, 0.2) is 48.8 Å². The van der Waals surface area contributed by atoms with Crippen LogP contribution in [0.25, 0.3) is 11.4 Å². The van der Waals surface area contributed by atoms with E-state index in [0.717, 1.165) is 42.0 Å². The Bertz CT molecular complexity index is 1040. The van der Waals surface area contributed by atoms with Gasteiger partial charge in [0.2, 0.25) is 0 Å². The number of aryl methyl sites for hydroxylation is 2. The standard InChI is InChI=1S/C21H22N4O.C3H6O/c1-4-21(11-15-8-6-5-7-9-15)17-10-18(19-14(2)12-23-25(19)3)22-13-16(17)20(26)24-21;1-3-2-4-3/h5-10,12-13H,4,11H2,1-3H3,(H,24,26);3H,2H2,1H3. The molecule has 0 saturated carbocycles. The number of carbonyl (C=O) groups is 1. The molecule has 1 saturated heterocycles. The van der Waals surface area contributed by atoms with Gasteiger partial charge in [-0.05, 0) is 49.4 Å². The lowest BCUT2D eigenvalue weighted by Gasteiger charge is -2.29. The van der Waals surface area contributed by atoms with E-state index in [9.17, 15) is 4.79 Å². The van der Waals surface area contributed by atoms with Crippen LogP contribution in [-0.2, 0) is 23.7 Å². The van der Waals surface area contributed by atoms with Crippen LogP contribution >= 0.6 is 0 Å². The lowest BCUT2D eigenvalue weighted by atomic mass is 9.82. The Morgan fingerprint density at radius 3 is 2.53 bits per heavy atom. The van der Waals surface area contributed by atoms with E-state index in [-0.39, 0.29) is 5.91 Å². The van der Waals surface area contributed by atoms with Crippen LogP contribution in [-0.4, -0.2) is 33.4 Å². The van der Waals surface area contributed by atoms with Crippen molar-refractivity contribution in [1.82, 2.24) is 20.1 Å². The second kappa shape index (κ2) is 8.03. The third-order valence-electron chi connectivity index (χ3n) is 5.83. The van der Waals surface area contributed by atoms with Crippen LogP contribution < -0.4 is 5.32 Å². The van der Waals surface area contributed by atoms with Crippen molar-refractivity contribution in [2.75, 3.05) is 6.61 Å². The summed E-state index contributed by atoms with van der Waals surface area (Å²) in [6, 6.07) is 12.4. The van der Waals surface area contributed by atoms with Gasteiger partial charge < -0.3 is 10.1 Å². The first kappa shape index (κ1) is 20.3.